The second-order valence-electron chi connectivity index (χ2n) is 5.94. The van der Waals surface area contributed by atoms with Crippen LogP contribution < -0.4 is 15.4 Å². The Morgan fingerprint density at radius 1 is 1.07 bits per heavy atom. The van der Waals surface area contributed by atoms with Crippen LogP contribution in [0.15, 0.2) is 71.8 Å². The van der Waals surface area contributed by atoms with Crippen molar-refractivity contribution in [3.63, 3.8) is 0 Å². The summed E-state index contributed by atoms with van der Waals surface area (Å²) < 4.78 is 5.68. The molecular formula is C21H16N2O3S. The third kappa shape index (κ3) is 3.91. The van der Waals surface area contributed by atoms with Gasteiger partial charge in [-0.3, -0.25) is 9.59 Å². The van der Waals surface area contributed by atoms with E-state index in [4.69, 9.17) is 4.74 Å². The summed E-state index contributed by atoms with van der Waals surface area (Å²) in [4.78, 5) is 25.5. The molecule has 2 aromatic carbocycles. The van der Waals surface area contributed by atoms with Crippen LogP contribution in [0.3, 0.4) is 0 Å². The number of carbonyl (C=O) groups is 2. The van der Waals surface area contributed by atoms with Gasteiger partial charge in [0.1, 0.15) is 0 Å². The summed E-state index contributed by atoms with van der Waals surface area (Å²) in [6.07, 6.45) is 1.65. The number of fused-ring (bicyclic) bond motifs is 1. The number of benzene rings is 2. The highest BCUT2D eigenvalue weighted by atomic mass is 32.1. The van der Waals surface area contributed by atoms with Gasteiger partial charge in [0, 0.05) is 10.4 Å². The molecule has 0 radical (unpaired) electrons. The van der Waals surface area contributed by atoms with E-state index >= 15 is 0 Å². The molecule has 3 aromatic rings. The summed E-state index contributed by atoms with van der Waals surface area (Å²) in [5.41, 5.74) is 1.99. The lowest BCUT2D eigenvalue weighted by Gasteiger charge is -2.19. The van der Waals surface area contributed by atoms with Gasteiger partial charge >= 0.3 is 0 Å². The molecule has 0 aliphatic carbocycles. The minimum atomic E-state index is -0.300. The number of rotatable bonds is 4. The maximum atomic E-state index is 12.2. The van der Waals surface area contributed by atoms with Crippen molar-refractivity contribution in [1.82, 2.24) is 5.32 Å². The number of nitrogens with one attached hydrogen (secondary N) is 2. The molecular weight excluding hydrogens is 360 g/mol. The Morgan fingerprint density at radius 3 is 2.67 bits per heavy atom. The molecule has 0 unspecified atom stereocenters. The third-order valence-electron chi connectivity index (χ3n) is 4.05. The van der Waals surface area contributed by atoms with Crippen LogP contribution in [-0.2, 0) is 11.3 Å². The fourth-order valence-corrected chi connectivity index (χ4v) is 3.31. The predicted molar refractivity (Wildman–Crippen MR) is 106 cm³/mol. The van der Waals surface area contributed by atoms with Crippen molar-refractivity contribution in [3.8, 4) is 5.75 Å². The van der Waals surface area contributed by atoms with Crippen molar-refractivity contribution in [2.75, 3.05) is 5.32 Å². The van der Waals surface area contributed by atoms with Crippen molar-refractivity contribution in [2.24, 2.45) is 0 Å². The van der Waals surface area contributed by atoms with Crippen molar-refractivity contribution < 1.29 is 14.3 Å². The van der Waals surface area contributed by atoms with E-state index in [0.29, 0.717) is 23.5 Å². The number of carbonyl (C=O) groups excluding carboxylic acids is 2. The molecule has 4 rings (SSSR count). The molecule has 0 saturated carbocycles. The van der Waals surface area contributed by atoms with Crippen LogP contribution >= 0.6 is 11.3 Å². The molecule has 0 fully saturated rings. The van der Waals surface area contributed by atoms with Gasteiger partial charge in [0.2, 0.25) is 0 Å². The average molecular weight is 376 g/mol. The van der Waals surface area contributed by atoms with E-state index in [0.717, 1.165) is 10.4 Å². The Bertz CT molecular complexity index is 1010. The van der Waals surface area contributed by atoms with Gasteiger partial charge in [-0.15, -0.1) is 11.3 Å². The van der Waals surface area contributed by atoms with Gasteiger partial charge in [0.25, 0.3) is 11.8 Å². The molecule has 27 heavy (non-hydrogen) atoms. The van der Waals surface area contributed by atoms with Crippen LogP contribution in [-0.4, -0.2) is 11.8 Å². The monoisotopic (exact) mass is 376 g/mol. The van der Waals surface area contributed by atoms with Gasteiger partial charge in [0.15, 0.2) is 11.5 Å². The van der Waals surface area contributed by atoms with Crippen LogP contribution in [0.1, 0.15) is 20.8 Å². The molecule has 0 saturated heterocycles. The normalized spacial score (nSPS) is 14.2. The molecule has 0 atom stereocenters. The molecule has 6 heteroatoms. The second-order valence-corrected chi connectivity index (χ2v) is 6.98. The number of amides is 2. The smallest absolute Gasteiger partial charge is 0.291 e. The van der Waals surface area contributed by atoms with Gasteiger partial charge < -0.3 is 15.4 Å². The molecule has 1 aliphatic heterocycles. The zero-order chi connectivity index (χ0) is 18.6. The first-order valence-corrected chi connectivity index (χ1v) is 9.27. The number of thiophene rings is 1. The van der Waals surface area contributed by atoms with Crippen LogP contribution in [0, 0.1) is 0 Å². The molecule has 2 amide bonds. The van der Waals surface area contributed by atoms with Crippen molar-refractivity contribution in [2.45, 2.75) is 6.54 Å². The lowest BCUT2D eigenvalue weighted by atomic mass is 10.1. The lowest BCUT2D eigenvalue weighted by Crippen LogP contribution is -2.23. The average Bonchev–Trinajstić information content (AvgIpc) is 3.21. The largest absolute Gasteiger partial charge is 0.449 e. The molecule has 2 N–H and O–H groups in total. The van der Waals surface area contributed by atoms with E-state index in [1.54, 1.807) is 53.8 Å². The number of anilines is 1. The lowest BCUT2D eigenvalue weighted by molar-refractivity contribution is -0.115. The number of hydrogen-bond acceptors (Lipinski definition) is 4. The summed E-state index contributed by atoms with van der Waals surface area (Å²) in [5, 5.41) is 7.66. The SMILES string of the molecule is O=C1Nc2ccccc2OC1=Cc1ccc(C(=O)NCc2cccs2)cc1. The van der Waals surface area contributed by atoms with E-state index < -0.39 is 0 Å². The van der Waals surface area contributed by atoms with Crippen LogP contribution in [0.25, 0.3) is 6.08 Å². The van der Waals surface area contributed by atoms with Crippen molar-refractivity contribution in [1.29, 1.82) is 0 Å². The molecule has 1 aromatic heterocycles. The van der Waals surface area contributed by atoms with Gasteiger partial charge in [-0.05, 0) is 47.4 Å². The summed E-state index contributed by atoms with van der Waals surface area (Å²) in [5.74, 6) is 0.381. The number of hydrogen-bond donors (Lipinski definition) is 2. The molecule has 5 nitrogen and oxygen atoms in total. The Morgan fingerprint density at radius 2 is 1.89 bits per heavy atom. The summed E-state index contributed by atoms with van der Waals surface area (Å²) >= 11 is 1.60. The quantitative estimate of drug-likeness (QED) is 0.675. The summed E-state index contributed by atoms with van der Waals surface area (Å²) in [6.45, 7) is 0.510. The fraction of sp³-hybridized carbons (Fsp3) is 0.0476. The Labute approximate surface area is 160 Å². The van der Waals surface area contributed by atoms with Crippen molar-refractivity contribution in [3.05, 3.63) is 87.8 Å². The minimum Gasteiger partial charge on any atom is -0.449 e. The number of para-hydroxylation sites is 2. The predicted octanol–water partition coefficient (Wildman–Crippen LogP) is 4.05. The molecule has 1 aliphatic rings. The summed E-state index contributed by atoms with van der Waals surface area (Å²) in [6, 6.07) is 18.2. The van der Waals surface area contributed by atoms with E-state index in [9.17, 15) is 9.59 Å². The maximum absolute atomic E-state index is 12.2. The second kappa shape index (κ2) is 7.47. The minimum absolute atomic E-state index is 0.136. The zero-order valence-corrected chi connectivity index (χ0v) is 15.1. The molecule has 2 heterocycles. The first-order chi connectivity index (χ1) is 13.2. The number of ether oxygens (including phenoxy) is 1. The van der Waals surface area contributed by atoms with Crippen LogP contribution in [0.4, 0.5) is 5.69 Å². The van der Waals surface area contributed by atoms with Crippen molar-refractivity contribution >= 4 is 34.9 Å². The first kappa shape index (κ1) is 17.1. The summed E-state index contributed by atoms with van der Waals surface area (Å²) in [7, 11) is 0. The highest BCUT2D eigenvalue weighted by Crippen LogP contribution is 2.30. The Hall–Kier alpha value is -3.38. The molecule has 0 spiro atoms. The standard InChI is InChI=1S/C21H16N2O3S/c24-20(22-13-16-4-3-11-27-16)15-9-7-14(8-10-15)12-19-21(25)23-17-5-1-2-6-18(17)26-19/h1-12H,13H2,(H,22,24)(H,23,25). The van der Waals surface area contributed by atoms with E-state index in [1.807, 2.05) is 29.6 Å². The van der Waals surface area contributed by atoms with Crippen LogP contribution in [0.2, 0.25) is 0 Å². The van der Waals surface area contributed by atoms with E-state index in [1.165, 1.54) is 0 Å². The van der Waals surface area contributed by atoms with Gasteiger partial charge in [-0.25, -0.2) is 0 Å². The topological polar surface area (TPSA) is 67.4 Å². The maximum Gasteiger partial charge on any atom is 0.291 e. The molecule has 0 bridgehead atoms. The van der Waals surface area contributed by atoms with E-state index in [2.05, 4.69) is 10.6 Å². The highest BCUT2D eigenvalue weighted by Gasteiger charge is 2.21. The molecule has 134 valence electrons. The third-order valence-corrected chi connectivity index (χ3v) is 4.93. The Kier molecular flexibility index (Phi) is 4.72. The van der Waals surface area contributed by atoms with Gasteiger partial charge in [0.05, 0.1) is 12.2 Å². The Balaban J connectivity index is 1.45. The van der Waals surface area contributed by atoms with Gasteiger partial charge in [-0.2, -0.15) is 0 Å². The van der Waals surface area contributed by atoms with Gasteiger partial charge in [-0.1, -0.05) is 30.3 Å². The highest BCUT2D eigenvalue weighted by molar-refractivity contribution is 7.09. The zero-order valence-electron chi connectivity index (χ0n) is 14.3. The fourth-order valence-electron chi connectivity index (χ4n) is 2.67. The first-order valence-electron chi connectivity index (χ1n) is 8.39. The van der Waals surface area contributed by atoms with Crippen LogP contribution in [0.5, 0.6) is 5.75 Å². The van der Waals surface area contributed by atoms with E-state index in [-0.39, 0.29) is 17.6 Å².